The molecule has 31 heavy (non-hydrogen) atoms. The minimum Gasteiger partial charge on any atom is -0.444 e. The molecule has 7 nitrogen and oxygen atoms in total. The van der Waals surface area contributed by atoms with Gasteiger partial charge in [0.1, 0.15) is 23.2 Å². The number of rotatable bonds is 2. The van der Waals surface area contributed by atoms with Gasteiger partial charge in [-0.1, -0.05) is 0 Å². The first-order valence-electron chi connectivity index (χ1n) is 9.95. The fourth-order valence-electron chi connectivity index (χ4n) is 3.58. The maximum atomic E-state index is 13.9. The Morgan fingerprint density at radius 1 is 1.16 bits per heavy atom. The predicted octanol–water partition coefficient (Wildman–Crippen LogP) is 4.37. The molecule has 0 aliphatic carbocycles. The lowest BCUT2D eigenvalue weighted by Crippen LogP contribution is -2.41. The molecular formula is C23H22FN5O2. The molecule has 0 saturated heterocycles. The zero-order chi connectivity index (χ0) is 22.2. The van der Waals surface area contributed by atoms with Gasteiger partial charge in [-0.25, -0.2) is 9.18 Å². The predicted molar refractivity (Wildman–Crippen MR) is 112 cm³/mol. The standard InChI is InChI=1S/C23H22FN5O2/c1-23(2,3)31-22(30)28-10-11-29-19(14-28)20(15-6-8-26-9-7-15)21(27-29)16-4-5-18(24)17(12-16)13-25/h4-9,12H,10-11,14H2,1-3H3. The van der Waals surface area contributed by atoms with Crippen molar-refractivity contribution in [2.24, 2.45) is 0 Å². The number of benzene rings is 1. The molecule has 0 saturated carbocycles. The van der Waals surface area contributed by atoms with E-state index in [0.29, 0.717) is 30.9 Å². The van der Waals surface area contributed by atoms with Crippen molar-refractivity contribution in [3.63, 3.8) is 0 Å². The Hall–Kier alpha value is -3.73. The number of amides is 1. The van der Waals surface area contributed by atoms with E-state index in [2.05, 4.69) is 4.98 Å². The number of nitrogens with zero attached hydrogens (tertiary/aromatic N) is 5. The van der Waals surface area contributed by atoms with Gasteiger partial charge < -0.3 is 9.64 Å². The molecule has 0 atom stereocenters. The summed E-state index contributed by atoms with van der Waals surface area (Å²) in [7, 11) is 0. The molecule has 0 fully saturated rings. The molecule has 0 spiro atoms. The molecule has 1 aliphatic rings. The molecule has 158 valence electrons. The smallest absolute Gasteiger partial charge is 0.410 e. The molecule has 0 N–H and O–H groups in total. The normalized spacial score (nSPS) is 13.5. The summed E-state index contributed by atoms with van der Waals surface area (Å²) in [5.74, 6) is -0.572. The lowest BCUT2D eigenvalue weighted by atomic mass is 9.98. The Labute approximate surface area is 179 Å². The molecule has 3 aromatic rings. The summed E-state index contributed by atoms with van der Waals surface area (Å²) in [6.45, 7) is 6.79. The largest absolute Gasteiger partial charge is 0.444 e. The van der Waals surface area contributed by atoms with E-state index in [4.69, 9.17) is 9.84 Å². The minimum absolute atomic E-state index is 0.0421. The third kappa shape index (κ3) is 4.12. The first-order chi connectivity index (χ1) is 14.8. The number of halogens is 1. The molecule has 1 aromatic carbocycles. The highest BCUT2D eigenvalue weighted by Crippen LogP contribution is 2.37. The second-order valence-corrected chi connectivity index (χ2v) is 8.34. The second kappa shape index (κ2) is 7.84. The van der Waals surface area contributed by atoms with Crippen LogP contribution in [0.1, 0.15) is 32.0 Å². The quantitative estimate of drug-likeness (QED) is 0.616. The lowest BCUT2D eigenvalue weighted by molar-refractivity contribution is 0.0195. The van der Waals surface area contributed by atoms with E-state index in [0.717, 1.165) is 16.8 Å². The highest BCUT2D eigenvalue weighted by molar-refractivity contribution is 5.83. The molecule has 0 radical (unpaired) electrons. The summed E-state index contributed by atoms with van der Waals surface area (Å²) < 4.78 is 21.3. The number of hydrogen-bond donors (Lipinski definition) is 0. The van der Waals surface area contributed by atoms with Crippen molar-refractivity contribution in [2.75, 3.05) is 6.54 Å². The molecule has 1 aliphatic heterocycles. The number of nitriles is 1. The molecule has 0 bridgehead atoms. The van der Waals surface area contributed by atoms with Crippen molar-refractivity contribution in [1.29, 1.82) is 5.26 Å². The average molecular weight is 419 g/mol. The van der Waals surface area contributed by atoms with Crippen LogP contribution >= 0.6 is 0 Å². The van der Waals surface area contributed by atoms with Crippen LogP contribution in [0.2, 0.25) is 0 Å². The topological polar surface area (TPSA) is 84.0 Å². The minimum atomic E-state index is -0.588. The Kier molecular flexibility index (Phi) is 5.19. The number of carbonyl (C=O) groups excluding carboxylic acids is 1. The zero-order valence-corrected chi connectivity index (χ0v) is 17.6. The van der Waals surface area contributed by atoms with Crippen LogP contribution < -0.4 is 0 Å². The van der Waals surface area contributed by atoms with Gasteiger partial charge in [-0.2, -0.15) is 10.4 Å². The van der Waals surface area contributed by atoms with Crippen LogP contribution in [0, 0.1) is 17.1 Å². The molecule has 8 heteroatoms. The number of aromatic nitrogens is 3. The number of hydrogen-bond acceptors (Lipinski definition) is 5. The van der Waals surface area contributed by atoms with E-state index in [1.54, 1.807) is 23.4 Å². The van der Waals surface area contributed by atoms with Gasteiger partial charge in [0.2, 0.25) is 0 Å². The van der Waals surface area contributed by atoms with Gasteiger partial charge in [0.05, 0.1) is 24.3 Å². The SMILES string of the molecule is CC(C)(C)OC(=O)N1CCn2nc(-c3ccc(F)c(C#N)c3)c(-c3ccncc3)c2C1. The molecule has 2 aromatic heterocycles. The molecular weight excluding hydrogens is 397 g/mol. The fourth-order valence-corrected chi connectivity index (χ4v) is 3.58. The van der Waals surface area contributed by atoms with E-state index >= 15 is 0 Å². The highest BCUT2D eigenvalue weighted by Gasteiger charge is 2.30. The number of pyridine rings is 1. The summed E-state index contributed by atoms with van der Waals surface area (Å²) in [5, 5.41) is 14.0. The van der Waals surface area contributed by atoms with Crippen molar-refractivity contribution in [1.82, 2.24) is 19.7 Å². The Bertz CT molecular complexity index is 1180. The number of fused-ring (bicyclic) bond motifs is 1. The van der Waals surface area contributed by atoms with Crippen LogP contribution in [0.5, 0.6) is 0 Å². The first-order valence-corrected chi connectivity index (χ1v) is 9.95. The van der Waals surface area contributed by atoms with Crippen molar-refractivity contribution in [3.05, 3.63) is 59.8 Å². The van der Waals surface area contributed by atoms with E-state index < -0.39 is 11.4 Å². The summed E-state index contributed by atoms with van der Waals surface area (Å²) in [4.78, 5) is 18.4. The van der Waals surface area contributed by atoms with Crippen LogP contribution in [-0.4, -0.2) is 37.9 Å². The molecule has 1 amide bonds. The summed E-state index contributed by atoms with van der Waals surface area (Å²) in [6.07, 6.45) is 2.99. The summed E-state index contributed by atoms with van der Waals surface area (Å²) in [6, 6.07) is 9.99. The van der Waals surface area contributed by atoms with Crippen LogP contribution in [0.4, 0.5) is 9.18 Å². The van der Waals surface area contributed by atoms with Gasteiger partial charge in [0, 0.05) is 30.1 Å². The van der Waals surface area contributed by atoms with Crippen LogP contribution in [0.15, 0.2) is 42.7 Å². The van der Waals surface area contributed by atoms with Gasteiger partial charge in [0.15, 0.2) is 0 Å². The third-order valence-electron chi connectivity index (χ3n) is 4.96. The van der Waals surface area contributed by atoms with Gasteiger partial charge in [-0.05, 0) is 56.7 Å². The Balaban J connectivity index is 1.81. The fraction of sp³-hybridized carbons (Fsp3) is 0.304. The monoisotopic (exact) mass is 419 g/mol. The Morgan fingerprint density at radius 3 is 2.58 bits per heavy atom. The van der Waals surface area contributed by atoms with Crippen LogP contribution in [-0.2, 0) is 17.8 Å². The van der Waals surface area contributed by atoms with Crippen LogP contribution in [0.25, 0.3) is 22.4 Å². The third-order valence-corrected chi connectivity index (χ3v) is 4.96. The van der Waals surface area contributed by atoms with Gasteiger partial charge in [0.25, 0.3) is 0 Å². The Morgan fingerprint density at radius 2 is 1.90 bits per heavy atom. The van der Waals surface area contributed by atoms with Crippen molar-refractivity contribution in [3.8, 4) is 28.5 Å². The summed E-state index contributed by atoms with van der Waals surface area (Å²) in [5.41, 5.74) is 3.18. The van der Waals surface area contributed by atoms with Crippen LogP contribution in [0.3, 0.4) is 0 Å². The van der Waals surface area contributed by atoms with E-state index in [-0.39, 0.29) is 11.7 Å². The van der Waals surface area contributed by atoms with Gasteiger partial charge >= 0.3 is 6.09 Å². The van der Waals surface area contributed by atoms with Crippen molar-refractivity contribution < 1.29 is 13.9 Å². The highest BCUT2D eigenvalue weighted by atomic mass is 19.1. The van der Waals surface area contributed by atoms with E-state index in [9.17, 15) is 14.4 Å². The van der Waals surface area contributed by atoms with E-state index in [1.165, 1.54) is 12.1 Å². The molecule has 4 rings (SSSR count). The van der Waals surface area contributed by atoms with Gasteiger partial charge in [-0.3, -0.25) is 9.67 Å². The summed E-state index contributed by atoms with van der Waals surface area (Å²) >= 11 is 0. The van der Waals surface area contributed by atoms with Crippen molar-refractivity contribution >= 4 is 6.09 Å². The molecule has 3 heterocycles. The van der Waals surface area contributed by atoms with Crippen molar-refractivity contribution in [2.45, 2.75) is 39.5 Å². The average Bonchev–Trinajstić information content (AvgIpc) is 3.12. The zero-order valence-electron chi connectivity index (χ0n) is 17.6. The number of carbonyl (C=O) groups is 1. The van der Waals surface area contributed by atoms with E-state index in [1.807, 2.05) is 43.7 Å². The maximum Gasteiger partial charge on any atom is 0.410 e. The lowest BCUT2D eigenvalue weighted by Gasteiger charge is -2.30. The number of ether oxygens (including phenoxy) is 1. The maximum absolute atomic E-state index is 13.9. The first kappa shape index (κ1) is 20.5. The molecule has 0 unspecified atom stereocenters. The van der Waals surface area contributed by atoms with Gasteiger partial charge in [-0.15, -0.1) is 0 Å². The second-order valence-electron chi connectivity index (χ2n) is 8.34.